The lowest BCUT2D eigenvalue weighted by molar-refractivity contribution is 0.1000. The van der Waals surface area contributed by atoms with E-state index in [4.69, 9.17) is 5.73 Å². The molecule has 132 valence electrons. The monoisotopic (exact) mass is 357 g/mol. The highest BCUT2D eigenvalue weighted by molar-refractivity contribution is 7.17. The van der Waals surface area contributed by atoms with E-state index in [9.17, 15) is 9.59 Å². The van der Waals surface area contributed by atoms with Crippen molar-refractivity contribution in [3.05, 3.63) is 45.8 Å². The first-order valence-corrected chi connectivity index (χ1v) is 9.21. The van der Waals surface area contributed by atoms with Crippen LogP contribution in [0.1, 0.15) is 44.5 Å². The van der Waals surface area contributed by atoms with Crippen LogP contribution in [0.5, 0.6) is 0 Å². The smallest absolute Gasteiger partial charge is 0.256 e. The summed E-state index contributed by atoms with van der Waals surface area (Å²) in [5.74, 6) is -0.102. The van der Waals surface area contributed by atoms with Crippen molar-refractivity contribution in [2.45, 2.75) is 26.2 Å². The highest BCUT2D eigenvalue weighted by atomic mass is 32.1. The number of thiophene rings is 1. The van der Waals surface area contributed by atoms with E-state index in [1.807, 2.05) is 37.2 Å². The van der Waals surface area contributed by atoms with Gasteiger partial charge in [0.1, 0.15) is 5.00 Å². The zero-order valence-electron chi connectivity index (χ0n) is 14.8. The van der Waals surface area contributed by atoms with Crippen molar-refractivity contribution in [1.82, 2.24) is 0 Å². The number of amides is 2. The molecule has 1 aliphatic rings. The highest BCUT2D eigenvalue weighted by Crippen LogP contribution is 2.39. The molecule has 0 unspecified atom stereocenters. The Morgan fingerprint density at radius 2 is 2.08 bits per heavy atom. The maximum atomic E-state index is 12.7. The number of rotatable bonds is 4. The lowest BCUT2D eigenvalue weighted by atomic mass is 9.88. The number of hydrogen-bond donors (Lipinski definition) is 2. The zero-order chi connectivity index (χ0) is 18.1. The van der Waals surface area contributed by atoms with Crippen LogP contribution < -0.4 is 16.0 Å². The Kier molecular flexibility index (Phi) is 4.81. The van der Waals surface area contributed by atoms with Gasteiger partial charge in [0.15, 0.2) is 0 Å². The molecule has 0 radical (unpaired) electrons. The second kappa shape index (κ2) is 6.88. The van der Waals surface area contributed by atoms with Crippen LogP contribution in [0.3, 0.4) is 0 Å². The number of nitrogens with zero attached hydrogens (tertiary/aromatic N) is 1. The first-order valence-electron chi connectivity index (χ1n) is 8.40. The Bertz CT molecular complexity index is 826. The Morgan fingerprint density at radius 1 is 1.32 bits per heavy atom. The van der Waals surface area contributed by atoms with Crippen LogP contribution in [0.2, 0.25) is 0 Å². The fraction of sp³-hybridized carbons (Fsp3) is 0.368. The van der Waals surface area contributed by atoms with E-state index in [2.05, 4.69) is 12.2 Å². The minimum Gasteiger partial charge on any atom is -0.378 e. The number of nitrogens with two attached hydrogens (primary N) is 1. The molecule has 3 rings (SSSR count). The molecule has 0 bridgehead atoms. The zero-order valence-corrected chi connectivity index (χ0v) is 15.6. The van der Waals surface area contributed by atoms with Crippen molar-refractivity contribution >= 4 is 33.8 Å². The summed E-state index contributed by atoms with van der Waals surface area (Å²) < 4.78 is 0. The van der Waals surface area contributed by atoms with Gasteiger partial charge in [-0.05, 0) is 48.9 Å². The predicted molar refractivity (Wildman–Crippen MR) is 103 cm³/mol. The van der Waals surface area contributed by atoms with Crippen LogP contribution in [-0.2, 0) is 12.8 Å². The molecular formula is C19H23N3O2S. The molecule has 2 aromatic rings. The van der Waals surface area contributed by atoms with Gasteiger partial charge in [-0.1, -0.05) is 13.0 Å². The van der Waals surface area contributed by atoms with Crippen molar-refractivity contribution in [3.8, 4) is 0 Å². The van der Waals surface area contributed by atoms with Crippen LogP contribution >= 0.6 is 11.3 Å². The van der Waals surface area contributed by atoms with Crippen molar-refractivity contribution < 1.29 is 9.59 Å². The molecule has 1 aromatic carbocycles. The van der Waals surface area contributed by atoms with Crippen LogP contribution in [0.25, 0.3) is 0 Å². The molecular weight excluding hydrogens is 334 g/mol. The van der Waals surface area contributed by atoms with E-state index in [0.29, 0.717) is 22.0 Å². The maximum Gasteiger partial charge on any atom is 0.256 e. The topological polar surface area (TPSA) is 75.4 Å². The minimum absolute atomic E-state index is 0.224. The molecule has 0 aliphatic heterocycles. The van der Waals surface area contributed by atoms with E-state index >= 15 is 0 Å². The second-order valence-corrected chi connectivity index (χ2v) is 7.92. The Hall–Kier alpha value is -2.34. The summed E-state index contributed by atoms with van der Waals surface area (Å²) in [6.45, 7) is 2.21. The van der Waals surface area contributed by atoms with Crippen molar-refractivity contribution in [2.75, 3.05) is 24.3 Å². The van der Waals surface area contributed by atoms with Crippen LogP contribution in [0.4, 0.5) is 10.7 Å². The number of nitrogens with one attached hydrogen (secondary N) is 1. The number of carbonyl (C=O) groups is 2. The molecule has 1 atom stereocenters. The number of anilines is 2. The fourth-order valence-electron chi connectivity index (χ4n) is 3.20. The van der Waals surface area contributed by atoms with Crippen molar-refractivity contribution in [2.24, 2.45) is 11.7 Å². The van der Waals surface area contributed by atoms with Crippen LogP contribution in [0, 0.1) is 5.92 Å². The first kappa shape index (κ1) is 17.5. The molecule has 5 nitrogen and oxygen atoms in total. The van der Waals surface area contributed by atoms with E-state index in [-0.39, 0.29) is 5.91 Å². The lowest BCUT2D eigenvalue weighted by Crippen LogP contribution is -2.19. The third kappa shape index (κ3) is 3.54. The summed E-state index contributed by atoms with van der Waals surface area (Å²) in [5.41, 5.74) is 8.62. The molecule has 25 heavy (non-hydrogen) atoms. The number of carbonyl (C=O) groups excluding carboxylic acids is 2. The van der Waals surface area contributed by atoms with Gasteiger partial charge >= 0.3 is 0 Å². The van der Waals surface area contributed by atoms with Gasteiger partial charge in [0.25, 0.3) is 11.8 Å². The molecule has 3 N–H and O–H groups in total. The molecule has 2 amide bonds. The fourth-order valence-corrected chi connectivity index (χ4v) is 4.61. The van der Waals surface area contributed by atoms with Gasteiger partial charge in [0.2, 0.25) is 0 Å². The third-order valence-corrected chi connectivity index (χ3v) is 5.78. The number of primary amides is 1. The predicted octanol–water partition coefficient (Wildman–Crippen LogP) is 3.29. The summed E-state index contributed by atoms with van der Waals surface area (Å²) in [6.07, 6.45) is 2.83. The number of fused-ring (bicyclic) bond motifs is 1. The van der Waals surface area contributed by atoms with Crippen molar-refractivity contribution in [1.29, 1.82) is 0 Å². The van der Waals surface area contributed by atoms with Crippen LogP contribution in [0.15, 0.2) is 24.3 Å². The van der Waals surface area contributed by atoms with Gasteiger partial charge in [-0.25, -0.2) is 0 Å². The van der Waals surface area contributed by atoms with Crippen LogP contribution in [-0.4, -0.2) is 25.9 Å². The van der Waals surface area contributed by atoms with E-state index in [0.717, 1.165) is 30.5 Å². The van der Waals surface area contributed by atoms with Gasteiger partial charge in [0, 0.05) is 30.2 Å². The van der Waals surface area contributed by atoms with Crippen molar-refractivity contribution in [3.63, 3.8) is 0 Å². The van der Waals surface area contributed by atoms with Gasteiger partial charge < -0.3 is 16.0 Å². The number of benzene rings is 1. The average Bonchev–Trinajstić information content (AvgIpc) is 2.91. The Labute approximate surface area is 151 Å². The maximum absolute atomic E-state index is 12.7. The van der Waals surface area contributed by atoms with Gasteiger partial charge in [-0.15, -0.1) is 11.3 Å². The normalized spacial score (nSPS) is 16.2. The van der Waals surface area contributed by atoms with E-state index < -0.39 is 5.91 Å². The highest BCUT2D eigenvalue weighted by Gasteiger charge is 2.27. The van der Waals surface area contributed by atoms with E-state index in [1.165, 1.54) is 16.2 Å². The summed E-state index contributed by atoms with van der Waals surface area (Å²) >= 11 is 1.48. The van der Waals surface area contributed by atoms with Gasteiger partial charge in [0.05, 0.1) is 5.56 Å². The third-order valence-electron chi connectivity index (χ3n) is 4.61. The standard InChI is InChI=1S/C19H23N3O2S/c1-11-7-8-14-15(9-11)25-19(16(14)17(20)23)21-18(24)12-5-4-6-13(10-12)22(2)3/h4-6,10-11H,7-9H2,1-3H3,(H2,20,23)(H,21,24)/t11-/m0/s1. The summed E-state index contributed by atoms with van der Waals surface area (Å²) in [5, 5.41) is 3.48. The average molecular weight is 357 g/mol. The molecule has 1 aromatic heterocycles. The largest absolute Gasteiger partial charge is 0.378 e. The number of hydrogen-bond acceptors (Lipinski definition) is 4. The Balaban J connectivity index is 1.91. The molecule has 1 aliphatic carbocycles. The molecule has 6 heteroatoms. The quantitative estimate of drug-likeness (QED) is 0.882. The molecule has 1 heterocycles. The summed E-state index contributed by atoms with van der Waals surface area (Å²) in [4.78, 5) is 27.7. The summed E-state index contributed by atoms with van der Waals surface area (Å²) in [6, 6.07) is 7.38. The Morgan fingerprint density at radius 3 is 2.76 bits per heavy atom. The SMILES string of the molecule is C[C@H]1CCc2c(sc(NC(=O)c3cccc(N(C)C)c3)c2C(N)=O)C1. The van der Waals surface area contributed by atoms with Gasteiger partial charge in [-0.3, -0.25) is 9.59 Å². The first-order chi connectivity index (χ1) is 11.9. The summed E-state index contributed by atoms with van der Waals surface area (Å²) in [7, 11) is 3.85. The second-order valence-electron chi connectivity index (χ2n) is 6.82. The molecule has 0 spiro atoms. The molecule has 0 saturated carbocycles. The minimum atomic E-state index is -0.468. The van der Waals surface area contributed by atoms with E-state index in [1.54, 1.807) is 6.07 Å². The lowest BCUT2D eigenvalue weighted by Gasteiger charge is -2.18. The van der Waals surface area contributed by atoms with Gasteiger partial charge in [-0.2, -0.15) is 0 Å². The molecule has 0 fully saturated rings. The molecule has 0 saturated heterocycles.